The van der Waals surface area contributed by atoms with Crippen molar-refractivity contribution in [1.82, 2.24) is 9.55 Å². The molecule has 0 aliphatic heterocycles. The van der Waals surface area contributed by atoms with Crippen LogP contribution < -0.4 is 4.74 Å². The summed E-state index contributed by atoms with van der Waals surface area (Å²) in [5, 5.41) is 11.9. The largest absolute Gasteiger partial charge is 0.481 e. The molecule has 2 heterocycles. The summed E-state index contributed by atoms with van der Waals surface area (Å²) in [6.07, 6.45) is -4.04. The van der Waals surface area contributed by atoms with Crippen molar-refractivity contribution in [2.45, 2.75) is 19.5 Å². The molecule has 0 radical (unpaired) electrons. The van der Waals surface area contributed by atoms with E-state index in [1.54, 1.807) is 6.07 Å². The lowest BCUT2D eigenvalue weighted by atomic mass is 9.98. The number of alkyl halides is 3. The molecule has 0 aliphatic rings. The number of ether oxygens (including phenoxy) is 1. The van der Waals surface area contributed by atoms with Gasteiger partial charge in [0.05, 0.1) is 11.1 Å². The number of aromatic nitrogens is 2. The van der Waals surface area contributed by atoms with Crippen LogP contribution >= 0.6 is 0 Å². The number of pyridine rings is 1. The third-order valence-electron chi connectivity index (χ3n) is 5.17. The van der Waals surface area contributed by atoms with Crippen molar-refractivity contribution in [3.8, 4) is 16.9 Å². The first-order valence-electron chi connectivity index (χ1n) is 9.64. The fourth-order valence-electron chi connectivity index (χ4n) is 3.77. The Kier molecular flexibility index (Phi) is 5.08. The van der Waals surface area contributed by atoms with Gasteiger partial charge in [0.2, 0.25) is 0 Å². The van der Waals surface area contributed by atoms with E-state index in [0.29, 0.717) is 12.1 Å². The number of carboxylic acids is 1. The highest BCUT2D eigenvalue weighted by Crippen LogP contribution is 2.37. The lowest BCUT2D eigenvalue weighted by Gasteiger charge is -2.11. The highest BCUT2D eigenvalue weighted by molar-refractivity contribution is 6.01. The molecule has 2 aromatic heterocycles. The Morgan fingerprint density at radius 3 is 2.48 bits per heavy atom. The average Bonchev–Trinajstić information content (AvgIpc) is 3.01. The van der Waals surface area contributed by atoms with Gasteiger partial charge in [-0.15, -0.1) is 0 Å². The Labute approximate surface area is 175 Å². The number of carbonyl (C=O) groups is 1. The number of aromatic carboxylic acids is 1. The average molecular weight is 428 g/mol. The first-order valence-corrected chi connectivity index (χ1v) is 9.64. The molecule has 4 aromatic rings. The Hall–Kier alpha value is -3.55. The van der Waals surface area contributed by atoms with Gasteiger partial charge in [0.25, 0.3) is 0 Å². The molecule has 0 spiro atoms. The molecular formula is C23H19F3N2O3. The highest BCUT2D eigenvalue weighted by atomic mass is 19.4. The monoisotopic (exact) mass is 428 g/mol. The summed E-state index contributed by atoms with van der Waals surface area (Å²) in [6, 6.07) is 15.4. The number of hydrogen-bond donors (Lipinski definition) is 1. The van der Waals surface area contributed by atoms with Gasteiger partial charge in [0.15, 0.2) is 18.1 Å². The van der Waals surface area contributed by atoms with Crippen molar-refractivity contribution in [2.24, 2.45) is 7.05 Å². The second kappa shape index (κ2) is 7.61. The highest BCUT2D eigenvalue weighted by Gasteiger charge is 2.32. The van der Waals surface area contributed by atoms with E-state index in [9.17, 15) is 23.1 Å². The zero-order chi connectivity index (χ0) is 22.3. The molecule has 0 amide bonds. The first-order chi connectivity index (χ1) is 14.7. The van der Waals surface area contributed by atoms with E-state index in [4.69, 9.17) is 4.74 Å². The summed E-state index contributed by atoms with van der Waals surface area (Å²) in [5.41, 5.74) is 2.16. The lowest BCUT2D eigenvalue weighted by molar-refractivity contribution is -0.153. The minimum absolute atomic E-state index is 0.226. The van der Waals surface area contributed by atoms with Crippen molar-refractivity contribution < 1.29 is 27.8 Å². The number of aryl methyl sites for hydroxylation is 2. The summed E-state index contributed by atoms with van der Waals surface area (Å²) in [4.78, 5) is 16.4. The zero-order valence-corrected chi connectivity index (χ0v) is 16.8. The third kappa shape index (κ3) is 3.81. The molecule has 0 bridgehead atoms. The first kappa shape index (κ1) is 20.7. The van der Waals surface area contributed by atoms with Crippen LogP contribution in [0.5, 0.6) is 5.75 Å². The topological polar surface area (TPSA) is 64.3 Å². The van der Waals surface area contributed by atoms with Gasteiger partial charge in [0, 0.05) is 12.6 Å². The predicted octanol–water partition coefficient (Wildman–Crippen LogP) is 5.60. The Balaban J connectivity index is 1.96. The summed E-state index contributed by atoms with van der Waals surface area (Å²) in [7, 11) is 1.45. The maximum atomic E-state index is 12.8. The molecule has 8 heteroatoms. The van der Waals surface area contributed by atoms with Crippen LogP contribution in [-0.4, -0.2) is 33.4 Å². The molecule has 0 saturated carbocycles. The number of benzene rings is 2. The Bertz CT molecular complexity index is 1310. The molecule has 31 heavy (non-hydrogen) atoms. The number of hydrogen-bond acceptors (Lipinski definition) is 3. The molecule has 1 N–H and O–H groups in total. The molecule has 160 valence electrons. The van der Waals surface area contributed by atoms with Crippen LogP contribution in [-0.2, 0) is 13.5 Å². The zero-order valence-electron chi connectivity index (χ0n) is 16.8. The number of carboxylic acid groups (broad SMARTS) is 1. The number of halogens is 3. The van der Waals surface area contributed by atoms with Crippen LogP contribution in [0.2, 0.25) is 0 Å². The molecule has 2 aromatic carbocycles. The molecule has 5 nitrogen and oxygen atoms in total. The van der Waals surface area contributed by atoms with Gasteiger partial charge < -0.3 is 14.4 Å². The number of rotatable bonds is 5. The van der Waals surface area contributed by atoms with Crippen LogP contribution in [0.25, 0.3) is 32.9 Å². The second-order valence-corrected chi connectivity index (χ2v) is 7.22. The maximum Gasteiger partial charge on any atom is 0.422 e. The van der Waals surface area contributed by atoms with Gasteiger partial charge in [0.1, 0.15) is 5.65 Å². The normalized spacial score (nSPS) is 11.9. The Morgan fingerprint density at radius 1 is 1.13 bits per heavy atom. The van der Waals surface area contributed by atoms with Crippen LogP contribution in [0.3, 0.4) is 0 Å². The third-order valence-corrected chi connectivity index (χ3v) is 5.17. The summed E-state index contributed by atoms with van der Waals surface area (Å²) in [5.74, 6) is -1.72. The molecule has 4 rings (SSSR count). The summed E-state index contributed by atoms with van der Waals surface area (Å²) >= 11 is 0. The van der Waals surface area contributed by atoms with E-state index in [0.717, 1.165) is 21.9 Å². The predicted molar refractivity (Wildman–Crippen MR) is 112 cm³/mol. The minimum atomic E-state index is -4.60. The molecule has 0 saturated heterocycles. The van der Waals surface area contributed by atoms with Gasteiger partial charge in [-0.2, -0.15) is 13.2 Å². The van der Waals surface area contributed by atoms with Crippen LogP contribution in [0, 0.1) is 0 Å². The van der Waals surface area contributed by atoms with E-state index < -0.39 is 18.8 Å². The number of fused-ring (bicyclic) bond motifs is 2. The smallest absolute Gasteiger partial charge is 0.422 e. The van der Waals surface area contributed by atoms with Crippen molar-refractivity contribution >= 4 is 27.8 Å². The van der Waals surface area contributed by atoms with Crippen molar-refractivity contribution in [3.63, 3.8) is 0 Å². The van der Waals surface area contributed by atoms with Crippen LogP contribution in [0.4, 0.5) is 13.2 Å². The van der Waals surface area contributed by atoms with Crippen molar-refractivity contribution in [2.75, 3.05) is 6.61 Å². The van der Waals surface area contributed by atoms with Crippen molar-refractivity contribution in [3.05, 3.63) is 59.9 Å². The molecule has 0 fully saturated rings. The second-order valence-electron chi connectivity index (χ2n) is 7.22. The van der Waals surface area contributed by atoms with Gasteiger partial charge in [-0.3, -0.25) is 0 Å². The quantitative estimate of drug-likeness (QED) is 0.450. The van der Waals surface area contributed by atoms with Gasteiger partial charge >= 0.3 is 12.1 Å². The van der Waals surface area contributed by atoms with Gasteiger partial charge in [-0.25, -0.2) is 9.78 Å². The standard InChI is InChI=1S/C23H19F3N2O3/c1-3-18-16(15-9-8-13-6-4-5-7-14(13)10-15)11-17-20(31-12-23(24,25)26)19(22(29)30)28(2)21(17)27-18/h4-11H,3,12H2,1-2H3,(H,29,30). The fraction of sp³-hybridized carbons (Fsp3) is 0.217. The lowest BCUT2D eigenvalue weighted by Crippen LogP contribution is -2.20. The summed E-state index contributed by atoms with van der Waals surface area (Å²) in [6.45, 7) is 0.327. The van der Waals surface area contributed by atoms with Crippen LogP contribution in [0.1, 0.15) is 23.1 Å². The Morgan fingerprint density at radius 2 is 1.84 bits per heavy atom. The molecule has 0 unspecified atom stereocenters. The van der Waals surface area contributed by atoms with Crippen molar-refractivity contribution in [1.29, 1.82) is 0 Å². The van der Waals surface area contributed by atoms with E-state index in [1.807, 2.05) is 49.4 Å². The fourth-order valence-corrected chi connectivity index (χ4v) is 3.77. The molecule has 0 atom stereocenters. The van der Waals surface area contributed by atoms with Gasteiger partial charge in [-0.1, -0.05) is 43.3 Å². The van der Waals surface area contributed by atoms with E-state index in [1.165, 1.54) is 11.6 Å². The minimum Gasteiger partial charge on any atom is -0.481 e. The van der Waals surface area contributed by atoms with Gasteiger partial charge in [-0.05, 0) is 34.9 Å². The van der Waals surface area contributed by atoms with E-state index in [-0.39, 0.29) is 22.5 Å². The number of nitrogens with zero attached hydrogens (tertiary/aromatic N) is 2. The SMILES string of the molecule is CCc1nc2c(cc1-c1ccc3ccccc3c1)c(OCC(F)(F)F)c(C(=O)O)n2C. The maximum absolute atomic E-state index is 12.8. The van der Waals surface area contributed by atoms with E-state index >= 15 is 0 Å². The molecular weight excluding hydrogens is 409 g/mol. The van der Waals surface area contributed by atoms with Crippen LogP contribution in [0.15, 0.2) is 48.5 Å². The summed E-state index contributed by atoms with van der Waals surface area (Å²) < 4.78 is 44.6. The van der Waals surface area contributed by atoms with E-state index in [2.05, 4.69) is 4.98 Å². The molecule has 0 aliphatic carbocycles.